The van der Waals surface area contributed by atoms with Crippen LogP contribution in [-0.2, 0) is 15.2 Å². The Bertz CT molecular complexity index is 1540. The van der Waals surface area contributed by atoms with Gasteiger partial charge in [-0.05, 0) is 58.1 Å². The molecule has 4 heterocycles. The van der Waals surface area contributed by atoms with Crippen molar-refractivity contribution < 1.29 is 23.5 Å². The van der Waals surface area contributed by atoms with Crippen molar-refractivity contribution in [2.24, 2.45) is 5.92 Å². The zero-order chi connectivity index (χ0) is 34.2. The molecule has 0 aromatic carbocycles. The predicted molar refractivity (Wildman–Crippen MR) is 182 cm³/mol. The summed E-state index contributed by atoms with van der Waals surface area (Å²) in [6, 6.07) is 2.59. The number of allylic oxidation sites excluding steroid dienone is 1. The Morgan fingerprint density at radius 3 is 2.29 bits per heavy atom. The lowest BCUT2D eigenvalue weighted by Crippen LogP contribution is -2.65. The summed E-state index contributed by atoms with van der Waals surface area (Å²) in [6.07, 6.45) is 11.0. The Balaban J connectivity index is 0.966. The summed E-state index contributed by atoms with van der Waals surface area (Å²) in [5, 5.41) is 16.3. The van der Waals surface area contributed by atoms with E-state index >= 15 is 8.78 Å². The summed E-state index contributed by atoms with van der Waals surface area (Å²) in [5.41, 5.74) is 2.58. The fourth-order valence-corrected chi connectivity index (χ4v) is 8.30. The maximum absolute atomic E-state index is 15.2. The number of rotatable bonds is 11. The molecule has 1 amide bonds. The monoisotopic (exact) mass is 667 g/mol. The number of nitrogens with one attached hydrogen (secondary N) is 2. The van der Waals surface area contributed by atoms with Gasteiger partial charge in [0.1, 0.15) is 23.6 Å². The number of aldehydes is 1. The third kappa shape index (κ3) is 7.08. The molecule has 2 aliphatic heterocycles. The molecule has 6 rings (SSSR count). The highest BCUT2D eigenvalue weighted by molar-refractivity contribution is 5.83. The van der Waals surface area contributed by atoms with Crippen LogP contribution < -0.4 is 10.6 Å². The molecule has 4 aliphatic rings. The number of nitrogens with zero attached hydrogens (tertiary/aromatic N) is 5. The molecule has 3 N–H and O–H groups in total. The number of hydrogen-bond donors (Lipinski definition) is 3. The molecule has 2 aliphatic carbocycles. The number of hydrogen-bond acceptors (Lipinski definition) is 8. The molecule has 1 saturated carbocycles. The van der Waals surface area contributed by atoms with Crippen LogP contribution in [0.1, 0.15) is 76.0 Å². The summed E-state index contributed by atoms with van der Waals surface area (Å²) in [7, 11) is 3.31. The zero-order valence-corrected chi connectivity index (χ0v) is 28.7. The van der Waals surface area contributed by atoms with Gasteiger partial charge in [-0.1, -0.05) is 0 Å². The van der Waals surface area contributed by atoms with Crippen LogP contribution in [0, 0.1) is 5.92 Å². The normalized spacial score (nSPS) is 25.9. The minimum absolute atomic E-state index is 0.0499. The topological polar surface area (TPSA) is 105 Å². The quantitative estimate of drug-likeness (QED) is 0.308. The van der Waals surface area contributed by atoms with Crippen LogP contribution in [0.15, 0.2) is 41.8 Å². The molecule has 0 bridgehead atoms. The third-order valence-corrected chi connectivity index (χ3v) is 11.2. The van der Waals surface area contributed by atoms with Crippen molar-refractivity contribution in [1.29, 1.82) is 0 Å². The van der Waals surface area contributed by atoms with Gasteiger partial charge in [0.25, 0.3) is 0 Å². The summed E-state index contributed by atoms with van der Waals surface area (Å²) in [5.74, 6) is -2.31. The van der Waals surface area contributed by atoms with E-state index in [-0.39, 0.29) is 30.9 Å². The number of likely N-dealkylation sites (tertiary alicyclic amines) is 1. The van der Waals surface area contributed by atoms with Gasteiger partial charge in [0.05, 0.1) is 22.9 Å². The first-order chi connectivity index (χ1) is 23.0. The maximum atomic E-state index is 15.2. The van der Waals surface area contributed by atoms with Crippen LogP contribution in [0.25, 0.3) is 5.65 Å². The van der Waals surface area contributed by atoms with Crippen molar-refractivity contribution in [3.8, 4) is 0 Å². The lowest BCUT2D eigenvalue weighted by molar-refractivity contribution is -0.123. The van der Waals surface area contributed by atoms with Gasteiger partial charge in [0, 0.05) is 114 Å². The fraction of sp³-hybridized carbons (Fsp3) is 0.639. The van der Waals surface area contributed by atoms with Gasteiger partial charge < -0.3 is 24.9 Å². The lowest BCUT2D eigenvalue weighted by Gasteiger charge is -2.51. The molecule has 12 heteroatoms. The minimum atomic E-state index is -1.00. The molecule has 1 unspecified atom stereocenters. The zero-order valence-electron chi connectivity index (χ0n) is 28.7. The smallest absolute Gasteiger partial charge is 0.227 e. The van der Waals surface area contributed by atoms with Crippen LogP contribution >= 0.6 is 0 Å². The Morgan fingerprint density at radius 2 is 1.71 bits per heavy atom. The van der Waals surface area contributed by atoms with Crippen LogP contribution in [0.4, 0.5) is 14.5 Å². The SMILES string of the molecule is CNC(=O)[C@H](CCC=O)C1=C(F)CC(N2CC(N3CCN(C4CCC(c5cn6cc(NC)c(C(C)(C)O)cc6n5)CC4)CC3)C2)C=C1F. The molecule has 2 atom stereocenters. The number of carbonyl (C=O) groups is 2. The van der Waals surface area contributed by atoms with Gasteiger partial charge >= 0.3 is 0 Å². The van der Waals surface area contributed by atoms with Crippen molar-refractivity contribution >= 4 is 23.5 Å². The Kier molecular flexibility index (Phi) is 10.4. The fourth-order valence-electron chi connectivity index (χ4n) is 8.30. The van der Waals surface area contributed by atoms with E-state index in [1.165, 1.54) is 13.1 Å². The van der Waals surface area contributed by atoms with Crippen molar-refractivity contribution in [1.82, 2.24) is 29.4 Å². The Morgan fingerprint density at radius 1 is 1.04 bits per heavy atom. The van der Waals surface area contributed by atoms with Gasteiger partial charge in [-0.2, -0.15) is 0 Å². The largest absolute Gasteiger partial charge is 0.387 e. The van der Waals surface area contributed by atoms with Gasteiger partial charge in [-0.25, -0.2) is 13.8 Å². The van der Waals surface area contributed by atoms with E-state index in [9.17, 15) is 14.7 Å². The molecule has 2 aromatic rings. The molecule has 0 spiro atoms. The number of carbonyl (C=O) groups excluding carboxylic acids is 2. The van der Waals surface area contributed by atoms with Crippen LogP contribution in [0.2, 0.25) is 0 Å². The van der Waals surface area contributed by atoms with Crippen molar-refractivity contribution in [2.75, 3.05) is 58.7 Å². The van der Waals surface area contributed by atoms with E-state index in [1.807, 2.05) is 19.3 Å². The molecule has 2 saturated heterocycles. The number of imidazole rings is 1. The number of piperazine rings is 1. The van der Waals surface area contributed by atoms with Gasteiger partial charge in [-0.15, -0.1) is 0 Å². The highest BCUT2D eigenvalue weighted by Crippen LogP contribution is 2.39. The molecule has 2 aromatic heterocycles. The van der Waals surface area contributed by atoms with Gasteiger partial charge in [0.15, 0.2) is 0 Å². The number of fused-ring (bicyclic) bond motifs is 1. The molecule has 0 radical (unpaired) electrons. The van der Waals surface area contributed by atoms with E-state index < -0.39 is 29.1 Å². The standard InChI is InChI=1S/C36H51F2N7O3/c1-36(2,48)28-18-33-41-31(21-45(33)22-32(28)39-3)23-7-9-24(10-8-23)42-11-13-43(14-12-42)26-19-44(20-26)25-16-29(37)34(30(38)17-25)27(6-5-15-46)35(47)40-4/h15-16,18,21-27,39,48H,5-14,17,19-20H2,1-4H3,(H,40,47)/t23?,24?,25?,27-/m1/s1. The van der Waals surface area contributed by atoms with Gasteiger partial charge in [-0.3, -0.25) is 19.5 Å². The number of aliphatic hydroxyl groups is 1. The van der Waals surface area contributed by atoms with E-state index in [0.29, 0.717) is 24.3 Å². The molecular formula is C36H51F2N7O3. The summed E-state index contributed by atoms with van der Waals surface area (Å²) < 4.78 is 32.5. The number of halogens is 2. The van der Waals surface area contributed by atoms with Gasteiger partial charge in [0.2, 0.25) is 5.91 Å². The predicted octanol–water partition coefficient (Wildman–Crippen LogP) is 4.12. The number of anilines is 1. The summed E-state index contributed by atoms with van der Waals surface area (Å²) in [6.45, 7) is 9.22. The molecule has 262 valence electrons. The third-order valence-electron chi connectivity index (χ3n) is 11.2. The Labute approximate surface area is 282 Å². The maximum Gasteiger partial charge on any atom is 0.227 e. The first-order valence-corrected chi connectivity index (χ1v) is 17.6. The minimum Gasteiger partial charge on any atom is -0.387 e. The highest BCUT2D eigenvalue weighted by atomic mass is 19.1. The molecule has 3 fully saturated rings. The van der Waals surface area contributed by atoms with E-state index in [1.54, 1.807) is 13.8 Å². The van der Waals surface area contributed by atoms with Crippen molar-refractivity contribution in [2.45, 2.75) is 88.4 Å². The first kappa shape index (κ1) is 34.7. The first-order valence-electron chi connectivity index (χ1n) is 17.6. The van der Waals surface area contributed by atoms with E-state index in [2.05, 4.69) is 35.9 Å². The second-order valence-corrected chi connectivity index (χ2v) is 14.5. The average molecular weight is 668 g/mol. The molecule has 10 nitrogen and oxygen atoms in total. The second-order valence-electron chi connectivity index (χ2n) is 14.5. The van der Waals surface area contributed by atoms with E-state index in [4.69, 9.17) is 4.98 Å². The lowest BCUT2D eigenvalue weighted by atomic mass is 9.83. The van der Waals surface area contributed by atoms with Crippen LogP contribution in [-0.4, -0.2) is 113 Å². The van der Waals surface area contributed by atoms with E-state index in [0.717, 1.165) is 87.5 Å². The van der Waals surface area contributed by atoms with Crippen LogP contribution in [0.3, 0.4) is 0 Å². The Hall–Kier alpha value is -3.19. The highest BCUT2D eigenvalue weighted by Gasteiger charge is 2.41. The average Bonchev–Trinajstić information content (AvgIpc) is 3.47. The summed E-state index contributed by atoms with van der Waals surface area (Å²) >= 11 is 0. The van der Waals surface area contributed by atoms with Crippen molar-refractivity contribution in [3.63, 3.8) is 0 Å². The molecule has 48 heavy (non-hydrogen) atoms. The number of pyridine rings is 1. The second kappa shape index (κ2) is 14.3. The number of amides is 1. The molecular weight excluding hydrogens is 616 g/mol. The summed E-state index contributed by atoms with van der Waals surface area (Å²) in [4.78, 5) is 35.5. The number of aromatic nitrogens is 2. The van der Waals surface area contributed by atoms with Crippen LogP contribution in [0.5, 0.6) is 0 Å². The van der Waals surface area contributed by atoms with Crippen molar-refractivity contribution in [3.05, 3.63) is 53.0 Å².